The van der Waals surface area contributed by atoms with E-state index in [4.69, 9.17) is 4.74 Å². The molecule has 0 bridgehead atoms. The van der Waals surface area contributed by atoms with Gasteiger partial charge in [0, 0.05) is 12.6 Å². The highest BCUT2D eigenvalue weighted by molar-refractivity contribution is 4.59. The lowest BCUT2D eigenvalue weighted by Crippen LogP contribution is -2.31. The molecule has 0 aromatic heterocycles. The zero-order chi connectivity index (χ0) is 9.40. The second-order valence-corrected chi connectivity index (χ2v) is 3.70. The number of rotatable bonds is 7. The second kappa shape index (κ2) is 7.56. The third kappa shape index (κ3) is 8.02. The van der Waals surface area contributed by atoms with Crippen molar-refractivity contribution in [1.29, 1.82) is 0 Å². The van der Waals surface area contributed by atoms with Gasteiger partial charge in [0.25, 0.3) is 0 Å². The molecule has 0 rings (SSSR count). The topological polar surface area (TPSA) is 21.3 Å². The van der Waals surface area contributed by atoms with Crippen LogP contribution >= 0.6 is 0 Å². The van der Waals surface area contributed by atoms with Crippen LogP contribution in [-0.4, -0.2) is 25.8 Å². The molecule has 0 fully saturated rings. The van der Waals surface area contributed by atoms with Crippen molar-refractivity contribution in [3.05, 3.63) is 0 Å². The predicted molar refractivity (Wildman–Crippen MR) is 53.4 cm³/mol. The molecule has 0 radical (unpaired) electrons. The highest BCUT2D eigenvalue weighted by Crippen LogP contribution is 1.97. The summed E-state index contributed by atoms with van der Waals surface area (Å²) < 4.78 is 5.29. The number of ether oxygens (including phenoxy) is 1. The van der Waals surface area contributed by atoms with E-state index in [1.165, 1.54) is 6.42 Å². The van der Waals surface area contributed by atoms with E-state index in [9.17, 15) is 0 Å². The molecule has 0 spiro atoms. The Balaban J connectivity index is 3.13. The summed E-state index contributed by atoms with van der Waals surface area (Å²) >= 11 is 0. The molecule has 1 unspecified atom stereocenters. The second-order valence-electron chi connectivity index (χ2n) is 3.70. The average molecular weight is 173 g/mol. The first-order valence-corrected chi connectivity index (χ1v) is 4.98. The minimum absolute atomic E-state index is 0.490. The maximum atomic E-state index is 5.29. The lowest BCUT2D eigenvalue weighted by Gasteiger charge is -2.14. The smallest absolute Gasteiger partial charge is 0.0616 e. The van der Waals surface area contributed by atoms with E-state index in [0.29, 0.717) is 6.04 Å². The van der Waals surface area contributed by atoms with Crippen molar-refractivity contribution >= 4 is 0 Å². The summed E-state index contributed by atoms with van der Waals surface area (Å²) in [7, 11) is 0. The summed E-state index contributed by atoms with van der Waals surface area (Å²) in [5.74, 6) is 0.789. The minimum Gasteiger partial charge on any atom is -0.380 e. The molecule has 2 nitrogen and oxygen atoms in total. The van der Waals surface area contributed by atoms with Crippen molar-refractivity contribution < 1.29 is 4.74 Å². The van der Waals surface area contributed by atoms with Crippen molar-refractivity contribution in [1.82, 2.24) is 5.32 Å². The maximum Gasteiger partial charge on any atom is 0.0616 e. The van der Waals surface area contributed by atoms with Gasteiger partial charge in [0.05, 0.1) is 6.61 Å². The minimum atomic E-state index is 0.490. The van der Waals surface area contributed by atoms with Gasteiger partial charge < -0.3 is 10.1 Å². The Morgan fingerprint density at radius 2 is 1.92 bits per heavy atom. The molecule has 0 saturated heterocycles. The molecule has 0 aliphatic rings. The van der Waals surface area contributed by atoms with Crippen LogP contribution in [0.5, 0.6) is 0 Å². The maximum absolute atomic E-state index is 5.29. The van der Waals surface area contributed by atoms with Gasteiger partial charge in [-0.15, -0.1) is 0 Å². The Bertz CT molecular complexity index is 93.8. The monoisotopic (exact) mass is 173 g/mol. The number of hydrogen-bond acceptors (Lipinski definition) is 2. The molecule has 0 aromatic carbocycles. The summed E-state index contributed by atoms with van der Waals surface area (Å²) in [5, 5.41) is 3.42. The van der Waals surface area contributed by atoms with Crippen LogP contribution in [0, 0.1) is 5.92 Å². The van der Waals surface area contributed by atoms with Gasteiger partial charge in [-0.25, -0.2) is 0 Å². The SMILES string of the molecule is CCOCC(C)NCCC(C)C. The molecule has 0 saturated carbocycles. The van der Waals surface area contributed by atoms with Gasteiger partial charge in [-0.05, 0) is 32.7 Å². The zero-order valence-electron chi connectivity index (χ0n) is 8.89. The fourth-order valence-corrected chi connectivity index (χ4v) is 0.972. The summed E-state index contributed by atoms with van der Waals surface area (Å²) in [4.78, 5) is 0. The van der Waals surface area contributed by atoms with Crippen molar-refractivity contribution in [2.24, 2.45) is 5.92 Å². The van der Waals surface area contributed by atoms with Crippen LogP contribution in [0.3, 0.4) is 0 Å². The number of nitrogens with one attached hydrogen (secondary N) is 1. The molecule has 0 aromatic rings. The normalized spacial score (nSPS) is 13.8. The highest BCUT2D eigenvalue weighted by atomic mass is 16.5. The van der Waals surface area contributed by atoms with E-state index in [0.717, 1.165) is 25.7 Å². The van der Waals surface area contributed by atoms with E-state index in [2.05, 4.69) is 26.1 Å². The molecule has 12 heavy (non-hydrogen) atoms. The summed E-state index contributed by atoms with van der Waals surface area (Å²) in [6, 6.07) is 0.490. The first-order chi connectivity index (χ1) is 5.66. The molecule has 1 atom stereocenters. The van der Waals surface area contributed by atoms with Crippen LogP contribution in [0.25, 0.3) is 0 Å². The fraction of sp³-hybridized carbons (Fsp3) is 1.00. The summed E-state index contributed by atoms with van der Waals surface area (Å²) in [6.07, 6.45) is 1.25. The van der Waals surface area contributed by atoms with E-state index in [1.54, 1.807) is 0 Å². The predicted octanol–water partition coefficient (Wildman–Crippen LogP) is 2.05. The highest BCUT2D eigenvalue weighted by Gasteiger charge is 2.00. The van der Waals surface area contributed by atoms with Crippen LogP contribution in [-0.2, 0) is 4.74 Å². The molecule has 0 aliphatic carbocycles. The lowest BCUT2D eigenvalue weighted by atomic mass is 10.1. The molecule has 0 heterocycles. The van der Waals surface area contributed by atoms with Crippen molar-refractivity contribution in [2.75, 3.05) is 19.8 Å². The Morgan fingerprint density at radius 1 is 1.25 bits per heavy atom. The van der Waals surface area contributed by atoms with E-state index in [-0.39, 0.29) is 0 Å². The molecule has 0 amide bonds. The molecule has 74 valence electrons. The first-order valence-electron chi connectivity index (χ1n) is 4.98. The van der Waals surface area contributed by atoms with Crippen molar-refractivity contribution in [3.8, 4) is 0 Å². The van der Waals surface area contributed by atoms with Gasteiger partial charge in [-0.1, -0.05) is 13.8 Å². The van der Waals surface area contributed by atoms with Crippen LogP contribution < -0.4 is 5.32 Å². The Kier molecular flexibility index (Phi) is 7.51. The first kappa shape index (κ1) is 11.9. The molecule has 0 aliphatic heterocycles. The fourth-order valence-electron chi connectivity index (χ4n) is 0.972. The van der Waals surface area contributed by atoms with Gasteiger partial charge in [-0.3, -0.25) is 0 Å². The third-order valence-electron chi connectivity index (χ3n) is 1.79. The van der Waals surface area contributed by atoms with Gasteiger partial charge in [-0.2, -0.15) is 0 Å². The lowest BCUT2D eigenvalue weighted by molar-refractivity contribution is 0.127. The van der Waals surface area contributed by atoms with Crippen LogP contribution in [0.2, 0.25) is 0 Å². The van der Waals surface area contributed by atoms with E-state index >= 15 is 0 Å². The number of hydrogen-bond donors (Lipinski definition) is 1. The average Bonchev–Trinajstić information content (AvgIpc) is 2.00. The van der Waals surface area contributed by atoms with Crippen LogP contribution in [0.4, 0.5) is 0 Å². The van der Waals surface area contributed by atoms with Crippen molar-refractivity contribution in [3.63, 3.8) is 0 Å². The Labute approximate surface area is 76.7 Å². The largest absolute Gasteiger partial charge is 0.380 e. The van der Waals surface area contributed by atoms with Gasteiger partial charge >= 0.3 is 0 Å². The quantitative estimate of drug-likeness (QED) is 0.636. The Hall–Kier alpha value is -0.0800. The summed E-state index contributed by atoms with van der Waals surface area (Å²) in [5.41, 5.74) is 0. The van der Waals surface area contributed by atoms with Crippen LogP contribution in [0.15, 0.2) is 0 Å². The zero-order valence-corrected chi connectivity index (χ0v) is 8.89. The molecular formula is C10H23NO. The molecule has 2 heteroatoms. The third-order valence-corrected chi connectivity index (χ3v) is 1.79. The molecular weight excluding hydrogens is 150 g/mol. The van der Waals surface area contributed by atoms with Crippen LogP contribution in [0.1, 0.15) is 34.1 Å². The van der Waals surface area contributed by atoms with E-state index in [1.807, 2.05) is 6.92 Å². The van der Waals surface area contributed by atoms with Gasteiger partial charge in [0.15, 0.2) is 0 Å². The van der Waals surface area contributed by atoms with Gasteiger partial charge in [0.1, 0.15) is 0 Å². The standard InChI is InChI=1S/C10H23NO/c1-5-12-8-10(4)11-7-6-9(2)3/h9-11H,5-8H2,1-4H3. The van der Waals surface area contributed by atoms with Gasteiger partial charge in [0.2, 0.25) is 0 Å². The molecule has 1 N–H and O–H groups in total. The van der Waals surface area contributed by atoms with E-state index < -0.39 is 0 Å². The Morgan fingerprint density at radius 3 is 2.42 bits per heavy atom. The van der Waals surface area contributed by atoms with Crippen molar-refractivity contribution in [2.45, 2.75) is 40.2 Å². The summed E-state index contributed by atoms with van der Waals surface area (Å²) in [6.45, 7) is 11.4.